The SMILES string of the molecule is O=C(CCN1C(=O)c2ccccc2C1=O)Nc1ccccc1Br. The summed E-state index contributed by atoms with van der Waals surface area (Å²) >= 11 is 3.35. The molecule has 0 atom stereocenters. The first-order valence-electron chi connectivity index (χ1n) is 7.07. The van der Waals surface area contributed by atoms with Crippen molar-refractivity contribution in [3.8, 4) is 0 Å². The second-order valence-corrected chi connectivity index (χ2v) is 5.94. The first kappa shape index (κ1) is 15.4. The predicted octanol–water partition coefficient (Wildman–Crippen LogP) is 3.07. The summed E-state index contributed by atoms with van der Waals surface area (Å²) in [5.74, 6) is -0.952. The maximum absolute atomic E-state index is 12.2. The minimum Gasteiger partial charge on any atom is -0.325 e. The van der Waals surface area contributed by atoms with Crippen LogP contribution in [0.2, 0.25) is 0 Å². The Hall–Kier alpha value is -2.47. The topological polar surface area (TPSA) is 66.5 Å². The molecule has 23 heavy (non-hydrogen) atoms. The summed E-state index contributed by atoms with van der Waals surface area (Å²) in [6.07, 6.45) is 0.0484. The van der Waals surface area contributed by atoms with Crippen molar-refractivity contribution in [3.05, 3.63) is 64.1 Å². The van der Waals surface area contributed by atoms with Crippen LogP contribution in [-0.2, 0) is 4.79 Å². The molecule has 2 aromatic rings. The molecular formula is C17H13BrN2O3. The van der Waals surface area contributed by atoms with Crippen LogP contribution in [0.25, 0.3) is 0 Å². The number of imide groups is 1. The number of amides is 3. The number of nitrogens with zero attached hydrogens (tertiary/aromatic N) is 1. The lowest BCUT2D eigenvalue weighted by atomic mass is 10.1. The summed E-state index contributed by atoms with van der Waals surface area (Å²) in [6.45, 7) is 0.0582. The number of carbonyl (C=O) groups is 3. The van der Waals surface area contributed by atoms with E-state index in [1.54, 1.807) is 30.3 Å². The highest BCUT2D eigenvalue weighted by molar-refractivity contribution is 9.10. The van der Waals surface area contributed by atoms with Gasteiger partial charge in [0.25, 0.3) is 11.8 Å². The molecule has 6 heteroatoms. The van der Waals surface area contributed by atoms with Crippen molar-refractivity contribution in [1.82, 2.24) is 4.90 Å². The predicted molar refractivity (Wildman–Crippen MR) is 89.2 cm³/mol. The van der Waals surface area contributed by atoms with Crippen LogP contribution < -0.4 is 5.32 Å². The lowest BCUT2D eigenvalue weighted by Gasteiger charge is -2.13. The molecule has 1 heterocycles. The van der Waals surface area contributed by atoms with E-state index >= 15 is 0 Å². The fourth-order valence-electron chi connectivity index (χ4n) is 2.43. The maximum Gasteiger partial charge on any atom is 0.261 e. The van der Waals surface area contributed by atoms with Crippen molar-refractivity contribution in [2.75, 3.05) is 11.9 Å². The average molecular weight is 373 g/mol. The summed E-state index contributed by atoms with van der Waals surface area (Å²) in [5.41, 5.74) is 1.44. The third-order valence-corrected chi connectivity index (χ3v) is 4.28. The van der Waals surface area contributed by atoms with Crippen LogP contribution in [0.1, 0.15) is 27.1 Å². The van der Waals surface area contributed by atoms with Crippen LogP contribution in [-0.4, -0.2) is 29.2 Å². The summed E-state index contributed by atoms with van der Waals surface area (Å²) in [6, 6.07) is 13.9. The molecule has 0 spiro atoms. The van der Waals surface area contributed by atoms with Gasteiger partial charge in [-0.2, -0.15) is 0 Å². The fraction of sp³-hybridized carbons (Fsp3) is 0.118. The quantitative estimate of drug-likeness (QED) is 0.838. The van der Waals surface area contributed by atoms with E-state index in [9.17, 15) is 14.4 Å². The fourth-order valence-corrected chi connectivity index (χ4v) is 2.81. The molecule has 1 aliphatic rings. The van der Waals surface area contributed by atoms with Crippen molar-refractivity contribution in [2.45, 2.75) is 6.42 Å². The molecule has 0 fully saturated rings. The van der Waals surface area contributed by atoms with Crippen LogP contribution in [0.4, 0.5) is 5.69 Å². The standard InChI is InChI=1S/C17H13BrN2O3/c18-13-7-3-4-8-14(13)19-15(21)9-10-20-16(22)11-5-1-2-6-12(11)17(20)23/h1-8H,9-10H2,(H,19,21). The summed E-state index contributed by atoms with van der Waals surface area (Å²) in [4.78, 5) is 37.5. The van der Waals surface area contributed by atoms with Gasteiger partial charge in [-0.05, 0) is 40.2 Å². The molecule has 2 aromatic carbocycles. The molecule has 0 radical (unpaired) electrons. The highest BCUT2D eigenvalue weighted by Gasteiger charge is 2.34. The summed E-state index contributed by atoms with van der Waals surface area (Å²) in [5, 5.41) is 2.75. The Morgan fingerprint density at radius 3 is 2.13 bits per heavy atom. The third-order valence-electron chi connectivity index (χ3n) is 3.59. The number of anilines is 1. The largest absolute Gasteiger partial charge is 0.325 e. The second-order valence-electron chi connectivity index (χ2n) is 5.09. The van der Waals surface area contributed by atoms with Crippen LogP contribution in [0, 0.1) is 0 Å². The number of halogens is 1. The second kappa shape index (κ2) is 6.34. The van der Waals surface area contributed by atoms with Crippen molar-refractivity contribution in [2.24, 2.45) is 0 Å². The summed E-state index contributed by atoms with van der Waals surface area (Å²) < 4.78 is 0.772. The maximum atomic E-state index is 12.2. The monoisotopic (exact) mass is 372 g/mol. The molecule has 0 saturated carbocycles. The van der Waals surface area contributed by atoms with Crippen molar-refractivity contribution in [1.29, 1.82) is 0 Å². The van der Waals surface area contributed by atoms with E-state index in [2.05, 4.69) is 21.2 Å². The van der Waals surface area contributed by atoms with Gasteiger partial charge >= 0.3 is 0 Å². The lowest BCUT2D eigenvalue weighted by molar-refractivity contribution is -0.116. The van der Waals surface area contributed by atoms with E-state index in [1.807, 2.05) is 18.2 Å². The molecule has 0 unspecified atom stereocenters. The van der Waals surface area contributed by atoms with Gasteiger partial charge in [0.1, 0.15) is 0 Å². The zero-order valence-corrected chi connectivity index (χ0v) is 13.7. The number of carbonyl (C=O) groups excluding carboxylic acids is 3. The Balaban J connectivity index is 1.63. The number of hydrogen-bond donors (Lipinski definition) is 1. The molecule has 1 aliphatic heterocycles. The van der Waals surface area contributed by atoms with E-state index in [1.165, 1.54) is 0 Å². The highest BCUT2D eigenvalue weighted by atomic mass is 79.9. The molecule has 1 N–H and O–H groups in total. The highest BCUT2D eigenvalue weighted by Crippen LogP contribution is 2.23. The molecule has 3 rings (SSSR count). The van der Waals surface area contributed by atoms with Gasteiger partial charge < -0.3 is 5.32 Å². The van der Waals surface area contributed by atoms with E-state index in [4.69, 9.17) is 0 Å². The first-order chi connectivity index (χ1) is 11.1. The van der Waals surface area contributed by atoms with E-state index in [-0.39, 0.29) is 30.7 Å². The van der Waals surface area contributed by atoms with Crippen LogP contribution >= 0.6 is 15.9 Å². The molecular weight excluding hydrogens is 360 g/mol. The minimum absolute atomic E-state index is 0.0484. The Labute approximate surface area is 141 Å². The zero-order chi connectivity index (χ0) is 16.4. The number of rotatable bonds is 4. The van der Waals surface area contributed by atoms with Gasteiger partial charge in [0, 0.05) is 17.4 Å². The number of benzene rings is 2. The van der Waals surface area contributed by atoms with Crippen LogP contribution in [0.5, 0.6) is 0 Å². The molecule has 5 nitrogen and oxygen atoms in total. The Bertz CT molecular complexity index is 769. The summed E-state index contributed by atoms with van der Waals surface area (Å²) in [7, 11) is 0. The van der Waals surface area contributed by atoms with E-state index in [0.29, 0.717) is 16.8 Å². The van der Waals surface area contributed by atoms with Gasteiger partial charge in [0.2, 0.25) is 5.91 Å². The average Bonchev–Trinajstić information content (AvgIpc) is 2.80. The number of fused-ring (bicyclic) bond motifs is 1. The molecule has 0 bridgehead atoms. The smallest absolute Gasteiger partial charge is 0.261 e. The van der Waals surface area contributed by atoms with Gasteiger partial charge in [0.15, 0.2) is 0 Å². The van der Waals surface area contributed by atoms with Crippen molar-refractivity contribution < 1.29 is 14.4 Å². The number of nitrogens with one attached hydrogen (secondary N) is 1. The third kappa shape index (κ3) is 3.03. The molecule has 116 valence electrons. The normalized spacial score (nSPS) is 13.2. The van der Waals surface area contributed by atoms with Crippen molar-refractivity contribution >= 4 is 39.3 Å². The van der Waals surface area contributed by atoms with Gasteiger partial charge in [-0.3, -0.25) is 19.3 Å². The van der Waals surface area contributed by atoms with E-state index < -0.39 is 0 Å². The first-order valence-corrected chi connectivity index (χ1v) is 7.87. The van der Waals surface area contributed by atoms with Crippen LogP contribution in [0.3, 0.4) is 0 Å². The molecule has 0 saturated heterocycles. The molecule has 0 aromatic heterocycles. The number of para-hydroxylation sites is 1. The van der Waals surface area contributed by atoms with Gasteiger partial charge in [-0.15, -0.1) is 0 Å². The molecule has 3 amide bonds. The van der Waals surface area contributed by atoms with Gasteiger partial charge in [-0.25, -0.2) is 0 Å². The van der Waals surface area contributed by atoms with Crippen LogP contribution in [0.15, 0.2) is 53.0 Å². The Morgan fingerprint density at radius 2 is 1.52 bits per heavy atom. The Kier molecular flexibility index (Phi) is 4.25. The lowest BCUT2D eigenvalue weighted by Crippen LogP contribution is -2.32. The van der Waals surface area contributed by atoms with Gasteiger partial charge in [-0.1, -0.05) is 24.3 Å². The minimum atomic E-state index is -0.348. The number of hydrogen-bond acceptors (Lipinski definition) is 3. The Morgan fingerprint density at radius 1 is 0.957 bits per heavy atom. The molecule has 0 aliphatic carbocycles. The van der Waals surface area contributed by atoms with Crippen molar-refractivity contribution in [3.63, 3.8) is 0 Å². The zero-order valence-electron chi connectivity index (χ0n) is 12.1. The van der Waals surface area contributed by atoms with E-state index in [0.717, 1.165) is 9.37 Å². The van der Waals surface area contributed by atoms with Gasteiger partial charge in [0.05, 0.1) is 16.8 Å².